The third-order valence-corrected chi connectivity index (χ3v) is 9.96. The van der Waals surface area contributed by atoms with Crippen LogP contribution in [0.5, 0.6) is 0 Å². The Labute approximate surface area is 261 Å². The zero-order chi connectivity index (χ0) is 32.0. The van der Waals surface area contributed by atoms with E-state index in [1.165, 1.54) is 58.0 Å². The smallest absolute Gasteiger partial charge is 0.310 e. The van der Waals surface area contributed by atoms with Crippen molar-refractivity contribution in [2.45, 2.75) is 171 Å². The third-order valence-electron chi connectivity index (χ3n) is 9.96. The van der Waals surface area contributed by atoms with Crippen LogP contribution in [0, 0.1) is 35.5 Å². The van der Waals surface area contributed by atoms with Crippen LogP contribution in [0.1, 0.15) is 140 Å². The standard InChI is InChI=1S/C22H40O3.C12H23NO.C3H8/c1-13-9-14(2)15(3)12-21(24)25-22(17(5)11-18(6)23)20(8)19(7)16(4)10-13;1-10-8-12(9-11(2)14-10)13-6-4-3-5-7-13;1-3-2/h13-14,16-20,22-23H,3,9-12H2,1-2,4-8H3;10-12H,3-9H2,1-2H3;3H2,1-2H3/t13?,14?,16?,17?,18?,19?,20-,22?;;/m0../s1. The molecule has 0 aromatic rings. The third kappa shape index (κ3) is 14.2. The number of hydrogen-bond donors (Lipinski definition) is 1. The second kappa shape index (κ2) is 20.2. The lowest BCUT2D eigenvalue weighted by Crippen LogP contribution is -2.46. The van der Waals surface area contributed by atoms with Crippen molar-refractivity contribution in [3.63, 3.8) is 0 Å². The van der Waals surface area contributed by atoms with Gasteiger partial charge in [0.15, 0.2) is 0 Å². The van der Waals surface area contributed by atoms with Gasteiger partial charge in [0.05, 0.1) is 24.7 Å². The van der Waals surface area contributed by atoms with Gasteiger partial charge in [-0.3, -0.25) is 4.79 Å². The summed E-state index contributed by atoms with van der Waals surface area (Å²) in [4.78, 5) is 15.2. The Morgan fingerprint density at radius 2 is 1.43 bits per heavy atom. The molecular weight excluding hydrogens is 522 g/mol. The number of nitrogens with zero attached hydrogens (tertiary/aromatic N) is 1. The lowest BCUT2D eigenvalue weighted by molar-refractivity contribution is -0.156. The lowest BCUT2D eigenvalue weighted by atomic mass is 9.73. The first-order valence-electron chi connectivity index (χ1n) is 17.6. The van der Waals surface area contributed by atoms with Crippen LogP contribution in [0.15, 0.2) is 12.2 Å². The molecule has 0 aromatic heterocycles. The minimum atomic E-state index is -0.384. The number of esters is 1. The molecule has 0 radical (unpaired) electrons. The van der Waals surface area contributed by atoms with Crippen molar-refractivity contribution in [2.75, 3.05) is 13.1 Å². The fraction of sp³-hybridized carbons (Fsp3) is 0.919. The largest absolute Gasteiger partial charge is 0.462 e. The Bertz CT molecular complexity index is 738. The molecule has 42 heavy (non-hydrogen) atoms. The number of ether oxygens (including phenoxy) is 2. The van der Waals surface area contributed by atoms with Crippen LogP contribution in [0.3, 0.4) is 0 Å². The summed E-state index contributed by atoms with van der Waals surface area (Å²) in [5, 5.41) is 9.79. The molecule has 1 N–H and O–H groups in total. The van der Waals surface area contributed by atoms with E-state index in [0.717, 1.165) is 18.0 Å². The van der Waals surface area contributed by atoms with Gasteiger partial charge in [0.2, 0.25) is 0 Å². The highest BCUT2D eigenvalue weighted by Crippen LogP contribution is 2.36. The van der Waals surface area contributed by atoms with Crippen LogP contribution in [0.25, 0.3) is 0 Å². The van der Waals surface area contributed by atoms with Gasteiger partial charge in [-0.2, -0.15) is 0 Å². The second-order valence-electron chi connectivity index (χ2n) is 14.7. The number of carbonyl (C=O) groups is 1. The minimum absolute atomic E-state index is 0.139. The average Bonchev–Trinajstić information content (AvgIpc) is 2.90. The van der Waals surface area contributed by atoms with E-state index in [2.05, 4.69) is 80.7 Å². The van der Waals surface area contributed by atoms with Crippen LogP contribution in [0.4, 0.5) is 0 Å². The number of rotatable bonds is 4. The number of piperidine rings is 1. The van der Waals surface area contributed by atoms with Gasteiger partial charge in [-0.1, -0.05) is 80.4 Å². The molecule has 0 bridgehead atoms. The summed E-state index contributed by atoms with van der Waals surface area (Å²) in [6.07, 6.45) is 11.6. The van der Waals surface area contributed by atoms with E-state index in [9.17, 15) is 9.90 Å². The van der Waals surface area contributed by atoms with Crippen molar-refractivity contribution in [3.05, 3.63) is 12.2 Å². The van der Waals surface area contributed by atoms with E-state index < -0.39 is 0 Å². The highest BCUT2D eigenvalue weighted by molar-refractivity contribution is 5.72. The van der Waals surface area contributed by atoms with Crippen LogP contribution in [-0.2, 0) is 14.3 Å². The summed E-state index contributed by atoms with van der Waals surface area (Å²) in [6.45, 7) is 30.6. The summed E-state index contributed by atoms with van der Waals surface area (Å²) in [5.41, 5.74) is 0.979. The minimum Gasteiger partial charge on any atom is -0.462 e. The highest BCUT2D eigenvalue weighted by atomic mass is 16.5. The number of hydrogen-bond acceptors (Lipinski definition) is 5. The molecule has 248 valence electrons. The first-order chi connectivity index (χ1) is 19.7. The van der Waals surface area contributed by atoms with Crippen molar-refractivity contribution in [3.8, 4) is 0 Å². The van der Waals surface area contributed by atoms with Gasteiger partial charge in [0.25, 0.3) is 0 Å². The fourth-order valence-electron chi connectivity index (χ4n) is 7.45. The van der Waals surface area contributed by atoms with E-state index in [0.29, 0.717) is 48.7 Å². The Morgan fingerprint density at radius 1 is 0.881 bits per heavy atom. The maximum absolute atomic E-state index is 12.5. The van der Waals surface area contributed by atoms with Gasteiger partial charge in [-0.05, 0) is 114 Å². The fourth-order valence-corrected chi connectivity index (χ4v) is 7.45. The molecule has 0 spiro atoms. The molecule has 3 saturated heterocycles. The first-order valence-corrected chi connectivity index (χ1v) is 17.6. The van der Waals surface area contributed by atoms with Gasteiger partial charge in [0, 0.05) is 6.04 Å². The topological polar surface area (TPSA) is 59.0 Å². The summed E-state index contributed by atoms with van der Waals surface area (Å²) < 4.78 is 11.7. The van der Waals surface area contributed by atoms with Crippen molar-refractivity contribution in [1.82, 2.24) is 4.90 Å². The Kier molecular flexibility index (Phi) is 18.8. The van der Waals surface area contributed by atoms with E-state index >= 15 is 0 Å². The normalized spacial score (nSPS) is 36.9. The highest BCUT2D eigenvalue weighted by Gasteiger charge is 2.35. The number of carbonyl (C=O) groups excluding carboxylic acids is 1. The number of aliphatic hydroxyl groups is 1. The van der Waals surface area contributed by atoms with E-state index in [1.807, 2.05) is 0 Å². The van der Waals surface area contributed by atoms with Crippen molar-refractivity contribution < 1.29 is 19.4 Å². The summed E-state index contributed by atoms with van der Waals surface area (Å²) in [7, 11) is 0. The molecule has 3 fully saturated rings. The van der Waals surface area contributed by atoms with Crippen LogP contribution in [-0.4, -0.2) is 59.5 Å². The molecule has 0 amide bonds. The SMILES string of the molecule is C=C1CC(=O)OC(C(C)CC(C)O)[C@@H](C)C(C)C(C)CC(C)CC1C.CC1CC(N2CCCCC2)CC(C)O1.CCC. The predicted molar refractivity (Wildman–Crippen MR) is 179 cm³/mol. The Hall–Kier alpha value is -0.910. The van der Waals surface area contributed by atoms with Gasteiger partial charge in [-0.25, -0.2) is 0 Å². The molecule has 5 heteroatoms. The summed E-state index contributed by atoms with van der Waals surface area (Å²) in [6, 6.07) is 0.800. The van der Waals surface area contributed by atoms with Crippen molar-refractivity contribution in [1.29, 1.82) is 0 Å². The van der Waals surface area contributed by atoms with E-state index in [1.54, 1.807) is 6.92 Å². The molecule has 5 nitrogen and oxygen atoms in total. The molecule has 10 atom stereocenters. The summed E-state index contributed by atoms with van der Waals surface area (Å²) in [5.74, 6) is 2.25. The number of likely N-dealkylation sites (tertiary alicyclic amines) is 1. The zero-order valence-corrected chi connectivity index (χ0v) is 29.7. The molecule has 0 saturated carbocycles. The lowest BCUT2D eigenvalue weighted by Gasteiger charge is -2.41. The van der Waals surface area contributed by atoms with E-state index in [4.69, 9.17) is 9.47 Å². The van der Waals surface area contributed by atoms with Gasteiger partial charge >= 0.3 is 5.97 Å². The van der Waals surface area contributed by atoms with Gasteiger partial charge < -0.3 is 19.5 Å². The van der Waals surface area contributed by atoms with Crippen LogP contribution >= 0.6 is 0 Å². The average molecular weight is 594 g/mol. The second-order valence-corrected chi connectivity index (χ2v) is 14.7. The van der Waals surface area contributed by atoms with Gasteiger partial charge in [0.1, 0.15) is 6.10 Å². The molecular formula is C37H71NO4. The van der Waals surface area contributed by atoms with Crippen LogP contribution < -0.4 is 0 Å². The van der Waals surface area contributed by atoms with E-state index in [-0.39, 0.29) is 30.0 Å². The Balaban J connectivity index is 0.000000432. The molecule has 0 aliphatic carbocycles. The maximum atomic E-state index is 12.5. The van der Waals surface area contributed by atoms with Crippen LogP contribution in [0.2, 0.25) is 0 Å². The predicted octanol–water partition coefficient (Wildman–Crippen LogP) is 9.07. The molecule has 3 heterocycles. The molecule has 3 rings (SSSR count). The zero-order valence-electron chi connectivity index (χ0n) is 29.7. The molecule has 3 aliphatic heterocycles. The monoisotopic (exact) mass is 594 g/mol. The quantitative estimate of drug-likeness (QED) is 0.260. The molecule has 3 aliphatic rings. The van der Waals surface area contributed by atoms with Crippen molar-refractivity contribution in [2.24, 2.45) is 35.5 Å². The first kappa shape index (κ1) is 39.1. The Morgan fingerprint density at radius 3 is 1.95 bits per heavy atom. The maximum Gasteiger partial charge on any atom is 0.310 e. The van der Waals surface area contributed by atoms with Gasteiger partial charge in [-0.15, -0.1) is 0 Å². The van der Waals surface area contributed by atoms with Crippen molar-refractivity contribution >= 4 is 5.97 Å². The number of cyclic esters (lactones) is 1. The molecule has 9 unspecified atom stereocenters. The summed E-state index contributed by atoms with van der Waals surface area (Å²) >= 11 is 0. The number of aliphatic hydroxyl groups excluding tert-OH is 1. The molecule has 0 aromatic carbocycles.